The lowest BCUT2D eigenvalue weighted by Gasteiger charge is -2.38. The van der Waals surface area contributed by atoms with Crippen molar-refractivity contribution >= 4 is 5.97 Å². The smallest absolute Gasteiger partial charge is 0.309 e. The molecule has 1 aliphatic heterocycles. The second-order valence-corrected chi connectivity index (χ2v) is 5.45. The van der Waals surface area contributed by atoms with E-state index in [0.29, 0.717) is 0 Å². The Morgan fingerprint density at radius 3 is 2.63 bits per heavy atom. The minimum Gasteiger partial charge on any atom is -0.481 e. The van der Waals surface area contributed by atoms with Gasteiger partial charge in [0.25, 0.3) is 0 Å². The molecule has 0 unspecified atom stereocenters. The van der Waals surface area contributed by atoms with Crippen molar-refractivity contribution in [3.63, 3.8) is 0 Å². The van der Waals surface area contributed by atoms with Crippen LogP contribution in [0.2, 0.25) is 0 Å². The summed E-state index contributed by atoms with van der Waals surface area (Å²) < 4.78 is 1.92. The number of nitrogens with zero attached hydrogens (tertiary/aromatic N) is 3. The number of carboxylic acids is 1. The Bertz CT molecular complexity index is 395. The molecule has 2 heterocycles. The van der Waals surface area contributed by atoms with E-state index in [0.717, 1.165) is 51.9 Å². The minimum atomic E-state index is -0.610. The molecule has 0 bridgehead atoms. The van der Waals surface area contributed by atoms with Gasteiger partial charge in [0.05, 0.1) is 12.0 Å². The molecule has 5 nitrogen and oxygen atoms in total. The molecule has 5 heteroatoms. The quantitative estimate of drug-likeness (QED) is 0.853. The maximum atomic E-state index is 11.5. The van der Waals surface area contributed by atoms with Gasteiger partial charge in [0, 0.05) is 18.9 Å². The zero-order valence-electron chi connectivity index (χ0n) is 11.6. The molecule has 19 heavy (non-hydrogen) atoms. The highest BCUT2D eigenvalue weighted by Crippen LogP contribution is 2.36. The van der Waals surface area contributed by atoms with Gasteiger partial charge in [-0.15, -0.1) is 0 Å². The van der Waals surface area contributed by atoms with E-state index in [1.807, 2.05) is 16.9 Å². The Morgan fingerprint density at radius 1 is 1.37 bits per heavy atom. The molecule has 0 aliphatic carbocycles. The first-order valence-electron chi connectivity index (χ1n) is 7.09. The van der Waals surface area contributed by atoms with Crippen LogP contribution >= 0.6 is 0 Å². The number of aromatic nitrogens is 2. The molecule has 106 valence electrons. The van der Waals surface area contributed by atoms with Crippen LogP contribution in [0, 0.1) is 5.41 Å². The highest BCUT2D eigenvalue weighted by molar-refractivity contribution is 5.74. The standard InChI is InChI=1S/C14H23N3O2/c1-2-4-14(13(18)19)5-9-16(10-6-14)11-12-17-8-3-7-15-17/h3,7-8H,2,4-6,9-12H2,1H3,(H,18,19). The Labute approximate surface area is 114 Å². The fourth-order valence-corrected chi connectivity index (χ4v) is 2.93. The summed E-state index contributed by atoms with van der Waals surface area (Å²) in [5.41, 5.74) is -0.475. The average Bonchev–Trinajstić information content (AvgIpc) is 2.91. The predicted octanol–water partition coefficient (Wildman–Crippen LogP) is 1.85. The van der Waals surface area contributed by atoms with Gasteiger partial charge in [0.2, 0.25) is 0 Å². The Balaban J connectivity index is 1.82. The van der Waals surface area contributed by atoms with Gasteiger partial charge in [-0.1, -0.05) is 13.3 Å². The van der Waals surface area contributed by atoms with Gasteiger partial charge in [-0.2, -0.15) is 5.10 Å². The number of rotatable bonds is 6. The predicted molar refractivity (Wildman–Crippen MR) is 72.9 cm³/mol. The lowest BCUT2D eigenvalue weighted by atomic mass is 9.75. The molecule has 1 aromatic heterocycles. The molecule has 0 radical (unpaired) electrons. The van der Waals surface area contributed by atoms with Crippen LogP contribution in [0.15, 0.2) is 18.5 Å². The van der Waals surface area contributed by atoms with Crippen molar-refractivity contribution in [3.8, 4) is 0 Å². The van der Waals surface area contributed by atoms with E-state index in [4.69, 9.17) is 0 Å². The van der Waals surface area contributed by atoms with E-state index in [9.17, 15) is 9.90 Å². The maximum absolute atomic E-state index is 11.5. The van der Waals surface area contributed by atoms with Gasteiger partial charge < -0.3 is 10.0 Å². The molecule has 0 amide bonds. The van der Waals surface area contributed by atoms with E-state index in [1.54, 1.807) is 6.20 Å². The van der Waals surface area contributed by atoms with Crippen LogP contribution < -0.4 is 0 Å². The first-order valence-corrected chi connectivity index (χ1v) is 7.09. The number of likely N-dealkylation sites (tertiary alicyclic amines) is 1. The summed E-state index contributed by atoms with van der Waals surface area (Å²) in [4.78, 5) is 13.8. The van der Waals surface area contributed by atoms with Crippen molar-refractivity contribution < 1.29 is 9.90 Å². The average molecular weight is 265 g/mol. The molecule has 0 spiro atoms. The van der Waals surface area contributed by atoms with Crippen LogP contribution in [0.4, 0.5) is 0 Å². The molecular formula is C14H23N3O2. The van der Waals surface area contributed by atoms with Crippen LogP contribution in [-0.4, -0.2) is 45.4 Å². The Hall–Kier alpha value is -1.36. The number of hydrogen-bond donors (Lipinski definition) is 1. The molecule has 2 rings (SSSR count). The monoisotopic (exact) mass is 265 g/mol. The normalized spacial score (nSPS) is 19.4. The number of hydrogen-bond acceptors (Lipinski definition) is 3. The van der Waals surface area contributed by atoms with Crippen LogP contribution in [0.3, 0.4) is 0 Å². The van der Waals surface area contributed by atoms with Gasteiger partial charge in [0.1, 0.15) is 0 Å². The van der Waals surface area contributed by atoms with Crippen molar-refractivity contribution in [3.05, 3.63) is 18.5 Å². The molecule has 1 fully saturated rings. The fraction of sp³-hybridized carbons (Fsp3) is 0.714. The maximum Gasteiger partial charge on any atom is 0.309 e. The second-order valence-electron chi connectivity index (χ2n) is 5.45. The number of carbonyl (C=O) groups is 1. The van der Waals surface area contributed by atoms with Crippen molar-refractivity contribution in [1.29, 1.82) is 0 Å². The summed E-state index contributed by atoms with van der Waals surface area (Å²) in [5.74, 6) is -0.610. The lowest BCUT2D eigenvalue weighted by Crippen LogP contribution is -2.45. The third-order valence-corrected chi connectivity index (χ3v) is 4.20. The van der Waals surface area contributed by atoms with Gasteiger partial charge >= 0.3 is 5.97 Å². The van der Waals surface area contributed by atoms with Crippen LogP contribution in [-0.2, 0) is 11.3 Å². The van der Waals surface area contributed by atoms with Crippen molar-refractivity contribution in [2.75, 3.05) is 19.6 Å². The zero-order chi connectivity index (χ0) is 13.7. The minimum absolute atomic E-state index is 0.475. The summed E-state index contributed by atoms with van der Waals surface area (Å²) in [5, 5.41) is 13.6. The summed E-state index contributed by atoms with van der Waals surface area (Å²) in [6.07, 6.45) is 7.04. The van der Waals surface area contributed by atoms with Gasteiger partial charge in [-0.3, -0.25) is 9.48 Å². The molecular weight excluding hydrogens is 242 g/mol. The molecule has 1 aliphatic rings. The molecule has 1 N–H and O–H groups in total. The Morgan fingerprint density at radius 2 is 2.11 bits per heavy atom. The summed E-state index contributed by atoms with van der Waals surface area (Å²) in [7, 11) is 0. The van der Waals surface area contributed by atoms with Gasteiger partial charge in [0.15, 0.2) is 0 Å². The van der Waals surface area contributed by atoms with Crippen molar-refractivity contribution in [2.24, 2.45) is 5.41 Å². The van der Waals surface area contributed by atoms with Crippen LogP contribution in [0.1, 0.15) is 32.6 Å². The van der Waals surface area contributed by atoms with Crippen molar-refractivity contribution in [1.82, 2.24) is 14.7 Å². The molecule has 0 saturated carbocycles. The molecule has 0 atom stereocenters. The first kappa shape index (κ1) is 14.1. The number of piperidine rings is 1. The van der Waals surface area contributed by atoms with Crippen molar-refractivity contribution in [2.45, 2.75) is 39.2 Å². The first-order chi connectivity index (χ1) is 9.16. The second kappa shape index (κ2) is 6.19. The highest BCUT2D eigenvalue weighted by Gasteiger charge is 2.40. The highest BCUT2D eigenvalue weighted by atomic mass is 16.4. The van der Waals surface area contributed by atoms with E-state index in [1.165, 1.54) is 0 Å². The van der Waals surface area contributed by atoms with E-state index in [2.05, 4.69) is 16.9 Å². The SMILES string of the molecule is CCCC1(C(=O)O)CCN(CCn2cccn2)CC1. The third-order valence-electron chi connectivity index (χ3n) is 4.20. The number of carboxylic acid groups (broad SMARTS) is 1. The van der Waals surface area contributed by atoms with E-state index >= 15 is 0 Å². The lowest BCUT2D eigenvalue weighted by molar-refractivity contribution is -0.152. The third kappa shape index (κ3) is 3.35. The molecule has 1 saturated heterocycles. The molecule has 1 aromatic rings. The molecule has 0 aromatic carbocycles. The Kier molecular flexibility index (Phi) is 4.58. The van der Waals surface area contributed by atoms with Crippen LogP contribution in [0.25, 0.3) is 0 Å². The van der Waals surface area contributed by atoms with Crippen LogP contribution in [0.5, 0.6) is 0 Å². The van der Waals surface area contributed by atoms with Gasteiger partial charge in [-0.25, -0.2) is 0 Å². The summed E-state index contributed by atoms with van der Waals surface area (Å²) >= 11 is 0. The van der Waals surface area contributed by atoms with E-state index < -0.39 is 11.4 Å². The largest absolute Gasteiger partial charge is 0.481 e. The summed E-state index contributed by atoms with van der Waals surface area (Å²) in [6, 6.07) is 1.92. The summed E-state index contributed by atoms with van der Waals surface area (Å²) in [6.45, 7) is 5.65. The van der Waals surface area contributed by atoms with Gasteiger partial charge in [-0.05, 0) is 38.4 Å². The zero-order valence-corrected chi connectivity index (χ0v) is 11.6. The topological polar surface area (TPSA) is 58.4 Å². The van der Waals surface area contributed by atoms with E-state index in [-0.39, 0.29) is 0 Å². The fourth-order valence-electron chi connectivity index (χ4n) is 2.93. The number of aliphatic carboxylic acids is 1.